The summed E-state index contributed by atoms with van der Waals surface area (Å²) in [6.45, 7) is 4.43. The highest BCUT2D eigenvalue weighted by atomic mass is 16.5. The number of hydrogen-bond donors (Lipinski definition) is 3. The van der Waals surface area contributed by atoms with Gasteiger partial charge in [0, 0.05) is 43.5 Å². The number of benzene rings is 1. The molecule has 126 valence electrons. The highest BCUT2D eigenvalue weighted by Gasteiger charge is 2.34. The lowest BCUT2D eigenvalue weighted by Crippen LogP contribution is -2.47. The van der Waals surface area contributed by atoms with Gasteiger partial charge in [0.15, 0.2) is 0 Å². The molecule has 2 aliphatic heterocycles. The van der Waals surface area contributed by atoms with Crippen LogP contribution < -0.4 is 20.9 Å². The Morgan fingerprint density at radius 2 is 2.13 bits per heavy atom. The van der Waals surface area contributed by atoms with Gasteiger partial charge in [-0.1, -0.05) is 6.07 Å². The molecule has 1 aromatic rings. The number of likely N-dealkylation sites (tertiary alicyclic amines) is 1. The average Bonchev–Trinajstić information content (AvgIpc) is 3.01. The Kier molecular flexibility index (Phi) is 5.03. The van der Waals surface area contributed by atoms with E-state index < -0.39 is 0 Å². The van der Waals surface area contributed by atoms with Gasteiger partial charge in [0.05, 0.1) is 13.0 Å². The quantitative estimate of drug-likeness (QED) is 0.779. The number of carbonyl (C=O) groups is 1. The summed E-state index contributed by atoms with van der Waals surface area (Å²) >= 11 is 0. The fourth-order valence-electron chi connectivity index (χ4n) is 3.34. The Hall–Kier alpha value is -1.79. The van der Waals surface area contributed by atoms with Crippen LogP contribution in [0.4, 0.5) is 5.69 Å². The topological polar surface area (TPSA) is 65.6 Å². The van der Waals surface area contributed by atoms with Crippen molar-refractivity contribution in [2.75, 3.05) is 32.1 Å². The highest BCUT2D eigenvalue weighted by Crippen LogP contribution is 2.22. The van der Waals surface area contributed by atoms with Crippen LogP contribution in [0.3, 0.4) is 0 Å². The summed E-state index contributed by atoms with van der Waals surface area (Å²) < 4.78 is 5.25. The SMILES string of the molecule is COc1cccc(NC2CCN(C(=O)C3CNNC3C)CC2)c1. The molecule has 0 bridgehead atoms. The van der Waals surface area contributed by atoms with Gasteiger partial charge in [-0.3, -0.25) is 15.6 Å². The zero-order valence-electron chi connectivity index (χ0n) is 13.8. The third-order valence-corrected chi connectivity index (χ3v) is 4.82. The van der Waals surface area contributed by atoms with E-state index in [2.05, 4.69) is 29.2 Å². The molecule has 1 amide bonds. The molecule has 23 heavy (non-hydrogen) atoms. The van der Waals surface area contributed by atoms with Crippen LogP contribution in [0.25, 0.3) is 0 Å². The zero-order valence-corrected chi connectivity index (χ0v) is 13.8. The second kappa shape index (κ2) is 7.19. The van der Waals surface area contributed by atoms with E-state index in [9.17, 15) is 4.79 Å². The molecule has 2 fully saturated rings. The minimum absolute atomic E-state index is 0.0536. The summed E-state index contributed by atoms with van der Waals surface area (Å²) in [5.41, 5.74) is 7.27. The monoisotopic (exact) mass is 318 g/mol. The molecule has 2 heterocycles. The zero-order chi connectivity index (χ0) is 16.2. The van der Waals surface area contributed by atoms with Gasteiger partial charge in [-0.25, -0.2) is 0 Å². The molecule has 0 aromatic heterocycles. The van der Waals surface area contributed by atoms with Crippen LogP contribution in [0.5, 0.6) is 5.75 Å². The van der Waals surface area contributed by atoms with Crippen molar-refractivity contribution in [2.24, 2.45) is 5.92 Å². The van der Waals surface area contributed by atoms with Crippen molar-refractivity contribution < 1.29 is 9.53 Å². The van der Waals surface area contributed by atoms with Crippen molar-refractivity contribution >= 4 is 11.6 Å². The first-order chi connectivity index (χ1) is 11.2. The minimum atomic E-state index is 0.0536. The maximum Gasteiger partial charge on any atom is 0.228 e. The normalized spacial score (nSPS) is 25.4. The summed E-state index contributed by atoms with van der Waals surface area (Å²) in [6, 6.07) is 8.60. The highest BCUT2D eigenvalue weighted by molar-refractivity contribution is 5.80. The predicted octanol–water partition coefficient (Wildman–Crippen LogP) is 1.21. The number of piperidine rings is 1. The molecule has 2 atom stereocenters. The molecule has 3 N–H and O–H groups in total. The number of anilines is 1. The van der Waals surface area contributed by atoms with Crippen LogP contribution in [-0.2, 0) is 4.79 Å². The van der Waals surface area contributed by atoms with E-state index >= 15 is 0 Å². The number of nitrogens with zero attached hydrogens (tertiary/aromatic N) is 1. The van der Waals surface area contributed by atoms with Crippen LogP contribution in [-0.4, -0.2) is 49.6 Å². The first-order valence-corrected chi connectivity index (χ1v) is 8.35. The number of nitrogens with one attached hydrogen (secondary N) is 3. The third kappa shape index (κ3) is 3.76. The van der Waals surface area contributed by atoms with Gasteiger partial charge in [0.2, 0.25) is 5.91 Å². The summed E-state index contributed by atoms with van der Waals surface area (Å²) in [4.78, 5) is 14.6. The second-order valence-corrected chi connectivity index (χ2v) is 6.40. The number of hydrogen-bond acceptors (Lipinski definition) is 5. The standard InChI is InChI=1S/C17H26N4O2/c1-12-16(11-18-20-12)17(22)21-8-6-13(7-9-21)19-14-4-3-5-15(10-14)23-2/h3-5,10,12-13,16,18-20H,6-9,11H2,1-2H3. The van der Waals surface area contributed by atoms with Gasteiger partial charge < -0.3 is 15.0 Å². The van der Waals surface area contributed by atoms with Gasteiger partial charge in [0.1, 0.15) is 5.75 Å². The lowest BCUT2D eigenvalue weighted by atomic mass is 9.98. The molecular formula is C17H26N4O2. The Morgan fingerprint density at radius 1 is 1.35 bits per heavy atom. The molecule has 6 heteroatoms. The first kappa shape index (κ1) is 16.1. The van der Waals surface area contributed by atoms with Crippen LogP contribution in [0.15, 0.2) is 24.3 Å². The van der Waals surface area contributed by atoms with E-state index in [0.29, 0.717) is 6.04 Å². The van der Waals surface area contributed by atoms with Crippen LogP contribution in [0.2, 0.25) is 0 Å². The smallest absolute Gasteiger partial charge is 0.228 e. The van der Waals surface area contributed by atoms with Crippen molar-refractivity contribution in [2.45, 2.75) is 31.8 Å². The Bertz CT molecular complexity index is 543. The molecule has 0 aliphatic carbocycles. The summed E-state index contributed by atoms with van der Waals surface area (Å²) in [5, 5.41) is 3.55. The van der Waals surface area contributed by atoms with Gasteiger partial charge in [-0.2, -0.15) is 0 Å². The fraction of sp³-hybridized carbons (Fsp3) is 0.588. The number of amides is 1. The number of carbonyl (C=O) groups excluding carboxylic acids is 1. The number of rotatable bonds is 4. The molecule has 2 aliphatic rings. The largest absolute Gasteiger partial charge is 0.497 e. The Balaban J connectivity index is 1.51. The maximum absolute atomic E-state index is 12.6. The number of hydrazine groups is 1. The van der Waals surface area contributed by atoms with E-state index in [1.165, 1.54) is 0 Å². The third-order valence-electron chi connectivity index (χ3n) is 4.82. The maximum atomic E-state index is 12.6. The molecule has 3 rings (SSSR count). The Labute approximate surface area is 137 Å². The van der Waals surface area contributed by atoms with E-state index in [1.54, 1.807) is 7.11 Å². The summed E-state index contributed by atoms with van der Waals surface area (Å²) in [6.07, 6.45) is 1.95. The molecular weight excluding hydrogens is 292 g/mol. The van der Waals surface area contributed by atoms with Crippen molar-refractivity contribution in [3.8, 4) is 5.75 Å². The molecule has 0 saturated carbocycles. The molecule has 2 unspecified atom stereocenters. The fourth-order valence-corrected chi connectivity index (χ4v) is 3.34. The summed E-state index contributed by atoms with van der Waals surface area (Å²) in [5.74, 6) is 1.19. The van der Waals surface area contributed by atoms with Gasteiger partial charge in [-0.15, -0.1) is 0 Å². The molecule has 0 radical (unpaired) electrons. The number of methoxy groups -OCH3 is 1. The van der Waals surface area contributed by atoms with E-state index in [4.69, 9.17) is 4.74 Å². The first-order valence-electron chi connectivity index (χ1n) is 8.35. The van der Waals surface area contributed by atoms with Crippen molar-refractivity contribution in [3.05, 3.63) is 24.3 Å². The van der Waals surface area contributed by atoms with Crippen LogP contribution in [0, 0.1) is 5.92 Å². The van der Waals surface area contributed by atoms with Gasteiger partial charge >= 0.3 is 0 Å². The lowest BCUT2D eigenvalue weighted by Gasteiger charge is -2.34. The number of ether oxygens (including phenoxy) is 1. The van der Waals surface area contributed by atoms with E-state index in [1.807, 2.05) is 23.1 Å². The Morgan fingerprint density at radius 3 is 2.78 bits per heavy atom. The molecule has 6 nitrogen and oxygen atoms in total. The van der Waals surface area contributed by atoms with E-state index in [-0.39, 0.29) is 17.9 Å². The van der Waals surface area contributed by atoms with Crippen molar-refractivity contribution in [1.29, 1.82) is 0 Å². The lowest BCUT2D eigenvalue weighted by molar-refractivity contribution is -0.136. The molecule has 0 spiro atoms. The van der Waals surface area contributed by atoms with Gasteiger partial charge in [0.25, 0.3) is 0 Å². The van der Waals surface area contributed by atoms with Crippen LogP contribution >= 0.6 is 0 Å². The molecule has 1 aromatic carbocycles. The van der Waals surface area contributed by atoms with Crippen molar-refractivity contribution in [3.63, 3.8) is 0 Å². The van der Waals surface area contributed by atoms with Crippen molar-refractivity contribution in [1.82, 2.24) is 15.8 Å². The second-order valence-electron chi connectivity index (χ2n) is 6.40. The van der Waals surface area contributed by atoms with Gasteiger partial charge in [-0.05, 0) is 31.9 Å². The molecule has 2 saturated heterocycles. The van der Waals surface area contributed by atoms with E-state index in [0.717, 1.165) is 43.9 Å². The summed E-state index contributed by atoms with van der Waals surface area (Å²) in [7, 11) is 1.68. The average molecular weight is 318 g/mol. The minimum Gasteiger partial charge on any atom is -0.497 e. The van der Waals surface area contributed by atoms with Crippen LogP contribution in [0.1, 0.15) is 19.8 Å². The predicted molar refractivity (Wildman–Crippen MR) is 90.3 cm³/mol.